The highest BCUT2D eigenvalue weighted by molar-refractivity contribution is 7.85. The van der Waals surface area contributed by atoms with E-state index in [-0.39, 0.29) is 0 Å². The van der Waals surface area contributed by atoms with Gasteiger partial charge in [0, 0.05) is 47.4 Å². The van der Waals surface area contributed by atoms with E-state index >= 15 is 0 Å². The first-order chi connectivity index (χ1) is 13.1. The summed E-state index contributed by atoms with van der Waals surface area (Å²) in [6.45, 7) is 8.38. The second kappa shape index (κ2) is 12.0. The van der Waals surface area contributed by atoms with E-state index in [0.717, 1.165) is 62.7 Å². The molecule has 0 aliphatic heterocycles. The molecule has 1 saturated carbocycles. The lowest BCUT2D eigenvalue weighted by atomic mass is 9.95. The van der Waals surface area contributed by atoms with Gasteiger partial charge in [-0.15, -0.1) is 0 Å². The molecule has 0 saturated heterocycles. The molecule has 0 heterocycles. The molecule has 3 atom stereocenters. The summed E-state index contributed by atoms with van der Waals surface area (Å²) in [5.74, 6) is 2.53. The van der Waals surface area contributed by atoms with Crippen molar-refractivity contribution in [1.82, 2.24) is 10.6 Å². The summed E-state index contributed by atoms with van der Waals surface area (Å²) in [5, 5.41) is 7.20. The lowest BCUT2D eigenvalue weighted by Gasteiger charge is -2.30. The van der Waals surface area contributed by atoms with E-state index in [1.165, 1.54) is 5.56 Å². The monoisotopic (exact) mass is 393 g/mol. The molecule has 1 aliphatic carbocycles. The van der Waals surface area contributed by atoms with E-state index in [2.05, 4.69) is 41.6 Å². The van der Waals surface area contributed by atoms with E-state index in [4.69, 9.17) is 4.74 Å². The minimum atomic E-state index is -0.697. The first-order valence-corrected chi connectivity index (χ1v) is 11.6. The van der Waals surface area contributed by atoms with Gasteiger partial charge in [-0.2, -0.15) is 0 Å². The molecule has 1 fully saturated rings. The van der Waals surface area contributed by atoms with Crippen LogP contribution < -0.4 is 15.4 Å². The third-order valence-electron chi connectivity index (χ3n) is 4.83. The highest BCUT2D eigenvalue weighted by Crippen LogP contribution is 2.23. The van der Waals surface area contributed by atoms with Crippen LogP contribution in [0.2, 0.25) is 0 Å². The van der Waals surface area contributed by atoms with Crippen LogP contribution >= 0.6 is 0 Å². The van der Waals surface area contributed by atoms with Crippen LogP contribution in [0.3, 0.4) is 0 Å². The van der Waals surface area contributed by atoms with Gasteiger partial charge in [-0.1, -0.05) is 31.0 Å². The topological polar surface area (TPSA) is 62.7 Å². The molecule has 1 aliphatic rings. The first kappa shape index (κ1) is 21.7. The maximum absolute atomic E-state index is 12.1. The van der Waals surface area contributed by atoms with Gasteiger partial charge in [0.1, 0.15) is 5.75 Å². The molecule has 1 aromatic carbocycles. The summed E-state index contributed by atoms with van der Waals surface area (Å²) in [6.07, 6.45) is 5.19. The van der Waals surface area contributed by atoms with Crippen LogP contribution in [0.25, 0.3) is 0 Å². The number of aryl methyl sites for hydroxylation is 1. The van der Waals surface area contributed by atoms with Gasteiger partial charge in [0.15, 0.2) is 5.96 Å². The van der Waals surface area contributed by atoms with Crippen LogP contribution in [0.1, 0.15) is 51.5 Å². The summed E-state index contributed by atoms with van der Waals surface area (Å²) >= 11 is 0. The predicted octanol–water partition coefficient (Wildman–Crippen LogP) is 3.40. The van der Waals surface area contributed by atoms with Crippen molar-refractivity contribution in [2.45, 2.75) is 64.2 Å². The van der Waals surface area contributed by atoms with E-state index in [1.807, 2.05) is 19.1 Å². The molecule has 0 spiro atoms. The predicted molar refractivity (Wildman–Crippen MR) is 115 cm³/mol. The molecule has 3 unspecified atom stereocenters. The third-order valence-corrected chi connectivity index (χ3v) is 6.57. The lowest BCUT2D eigenvalue weighted by molar-refractivity contribution is 0.313. The summed E-state index contributed by atoms with van der Waals surface area (Å²) in [6, 6.07) is 8.49. The zero-order valence-corrected chi connectivity index (χ0v) is 17.8. The molecule has 27 heavy (non-hydrogen) atoms. The minimum absolute atomic E-state index is 0.326. The number of rotatable bonds is 9. The number of benzene rings is 1. The third kappa shape index (κ3) is 7.91. The highest BCUT2D eigenvalue weighted by Gasteiger charge is 2.25. The molecule has 152 valence electrons. The van der Waals surface area contributed by atoms with E-state index < -0.39 is 10.8 Å². The smallest absolute Gasteiger partial charge is 0.191 e. The zero-order chi connectivity index (χ0) is 19.5. The Morgan fingerprint density at radius 2 is 2.04 bits per heavy atom. The van der Waals surface area contributed by atoms with Gasteiger partial charge in [0.05, 0.1) is 6.61 Å². The largest absolute Gasteiger partial charge is 0.494 e. The second-order valence-electron chi connectivity index (χ2n) is 7.08. The van der Waals surface area contributed by atoms with Crippen LogP contribution in [0.4, 0.5) is 0 Å². The highest BCUT2D eigenvalue weighted by atomic mass is 32.2. The second-order valence-corrected chi connectivity index (χ2v) is 9.08. The molecule has 1 aromatic rings. The van der Waals surface area contributed by atoms with Crippen molar-refractivity contribution in [3.63, 3.8) is 0 Å². The molecule has 5 nitrogen and oxygen atoms in total. The molecule has 2 rings (SSSR count). The van der Waals surface area contributed by atoms with Crippen LogP contribution in [-0.4, -0.2) is 46.9 Å². The number of nitrogens with one attached hydrogen (secondary N) is 2. The molecule has 0 aromatic heterocycles. The summed E-state index contributed by atoms with van der Waals surface area (Å²) < 4.78 is 17.9. The van der Waals surface area contributed by atoms with Gasteiger partial charge < -0.3 is 15.4 Å². The van der Waals surface area contributed by atoms with Crippen LogP contribution in [0.5, 0.6) is 5.75 Å². The Bertz CT molecular complexity index is 604. The Labute approximate surface area is 166 Å². The van der Waals surface area contributed by atoms with Gasteiger partial charge >= 0.3 is 0 Å². The number of aliphatic imine (C=N–C) groups is 1. The van der Waals surface area contributed by atoms with E-state index in [9.17, 15) is 4.21 Å². The van der Waals surface area contributed by atoms with Gasteiger partial charge in [-0.05, 0) is 45.2 Å². The van der Waals surface area contributed by atoms with Gasteiger partial charge in [-0.25, -0.2) is 0 Å². The Kier molecular flexibility index (Phi) is 9.67. The Morgan fingerprint density at radius 1 is 1.26 bits per heavy atom. The average Bonchev–Trinajstić information content (AvgIpc) is 2.69. The molecule has 0 amide bonds. The molecular formula is C21H35N3O2S. The number of guanidine groups is 1. The quantitative estimate of drug-likeness (QED) is 0.383. The van der Waals surface area contributed by atoms with E-state index in [0.29, 0.717) is 17.9 Å². The standard InChI is InChI=1S/C21H35N3O2S/c1-4-22-21(24-18-8-6-9-20(16-18)27(25)5-2)23-14-7-15-26-19-12-10-17(3)11-13-19/h10-13,18,20H,4-9,14-16H2,1-3H3,(H2,22,23,24). The van der Waals surface area contributed by atoms with Crippen molar-refractivity contribution in [1.29, 1.82) is 0 Å². The molecule has 0 radical (unpaired) electrons. The summed E-state index contributed by atoms with van der Waals surface area (Å²) in [5.41, 5.74) is 1.24. The molecule has 6 heteroatoms. The van der Waals surface area contributed by atoms with Crippen molar-refractivity contribution in [2.75, 3.05) is 25.4 Å². The first-order valence-electron chi connectivity index (χ1n) is 10.2. The maximum Gasteiger partial charge on any atom is 0.191 e. The lowest BCUT2D eigenvalue weighted by Crippen LogP contribution is -2.46. The Balaban J connectivity index is 1.76. The van der Waals surface area contributed by atoms with Gasteiger partial charge in [0.2, 0.25) is 0 Å². The van der Waals surface area contributed by atoms with Gasteiger partial charge in [0.25, 0.3) is 0 Å². The maximum atomic E-state index is 12.1. The van der Waals surface area contributed by atoms with Crippen LogP contribution in [0, 0.1) is 6.92 Å². The number of nitrogens with zero attached hydrogens (tertiary/aromatic N) is 1. The van der Waals surface area contributed by atoms with E-state index in [1.54, 1.807) is 0 Å². The van der Waals surface area contributed by atoms with Crippen molar-refractivity contribution in [3.05, 3.63) is 29.8 Å². The molecule has 0 bridgehead atoms. The summed E-state index contributed by atoms with van der Waals surface area (Å²) in [7, 11) is -0.697. The van der Waals surface area contributed by atoms with Crippen molar-refractivity contribution in [2.24, 2.45) is 4.99 Å². The number of hydrogen-bond acceptors (Lipinski definition) is 3. The number of ether oxygens (including phenoxy) is 1. The fourth-order valence-electron chi connectivity index (χ4n) is 3.34. The molecule has 2 N–H and O–H groups in total. The fourth-order valence-corrected chi connectivity index (χ4v) is 4.69. The Hall–Kier alpha value is -1.56. The Morgan fingerprint density at radius 3 is 2.74 bits per heavy atom. The average molecular weight is 394 g/mol. The van der Waals surface area contributed by atoms with Crippen molar-refractivity contribution < 1.29 is 8.95 Å². The normalized spacial score (nSPS) is 21.5. The van der Waals surface area contributed by atoms with Gasteiger partial charge in [-0.3, -0.25) is 9.20 Å². The zero-order valence-electron chi connectivity index (χ0n) is 17.0. The van der Waals surface area contributed by atoms with Crippen LogP contribution in [0.15, 0.2) is 29.3 Å². The summed E-state index contributed by atoms with van der Waals surface area (Å²) in [4.78, 5) is 4.68. The van der Waals surface area contributed by atoms with Crippen molar-refractivity contribution >= 4 is 16.8 Å². The minimum Gasteiger partial charge on any atom is -0.494 e. The van der Waals surface area contributed by atoms with Crippen molar-refractivity contribution in [3.8, 4) is 5.75 Å². The van der Waals surface area contributed by atoms with Crippen LogP contribution in [-0.2, 0) is 10.8 Å². The fraction of sp³-hybridized carbons (Fsp3) is 0.667. The number of hydrogen-bond donors (Lipinski definition) is 2. The molecular weight excluding hydrogens is 358 g/mol. The SMILES string of the molecule is CCNC(=NCCCOc1ccc(C)cc1)NC1CCCC(S(=O)CC)C1.